The monoisotopic (exact) mass is 384 g/mol. The van der Waals surface area contributed by atoms with Gasteiger partial charge in [-0.2, -0.15) is 9.78 Å². The van der Waals surface area contributed by atoms with E-state index in [4.69, 9.17) is 9.84 Å². The molecule has 0 saturated carbocycles. The smallest absolute Gasteiger partial charge is 0.212 e. The van der Waals surface area contributed by atoms with Crippen molar-refractivity contribution in [1.82, 2.24) is 14.9 Å². The predicted molar refractivity (Wildman–Crippen MR) is 111 cm³/mol. The average Bonchev–Trinajstić information content (AvgIpc) is 3.19. The van der Waals surface area contributed by atoms with Gasteiger partial charge in [-0.1, -0.05) is 60.3 Å². The fourth-order valence-corrected chi connectivity index (χ4v) is 3.81. The highest BCUT2D eigenvalue weighted by molar-refractivity contribution is 7.99. The molecule has 1 aliphatic rings. The molecule has 4 aromatic rings. The summed E-state index contributed by atoms with van der Waals surface area (Å²) in [5, 5.41) is 14.2. The molecule has 0 atom stereocenters. The van der Waals surface area contributed by atoms with Gasteiger partial charge < -0.3 is 4.74 Å². The first-order valence-corrected chi connectivity index (χ1v) is 9.90. The summed E-state index contributed by atoms with van der Waals surface area (Å²) in [4.78, 5) is 0. The summed E-state index contributed by atoms with van der Waals surface area (Å²) in [6.45, 7) is 0. The molecule has 0 bridgehead atoms. The highest BCUT2D eigenvalue weighted by atomic mass is 32.2. The van der Waals surface area contributed by atoms with Crippen LogP contribution in [0.5, 0.6) is 11.5 Å². The number of nitrogens with zero attached hydrogens (tertiary/aromatic N) is 4. The Morgan fingerprint density at radius 1 is 0.714 bits per heavy atom. The van der Waals surface area contributed by atoms with Crippen molar-refractivity contribution in [1.29, 1.82) is 0 Å². The molecular weight excluding hydrogens is 368 g/mol. The Balaban J connectivity index is 1.43. The van der Waals surface area contributed by atoms with E-state index in [2.05, 4.69) is 10.2 Å². The first-order valence-electron chi connectivity index (χ1n) is 8.92. The summed E-state index contributed by atoms with van der Waals surface area (Å²) in [7, 11) is 0. The zero-order valence-corrected chi connectivity index (χ0v) is 15.7. The summed E-state index contributed by atoms with van der Waals surface area (Å²) < 4.78 is 7.70. The zero-order valence-electron chi connectivity index (χ0n) is 14.9. The van der Waals surface area contributed by atoms with Crippen molar-refractivity contribution in [2.45, 2.75) is 5.16 Å². The highest BCUT2D eigenvalue weighted by Crippen LogP contribution is 2.29. The summed E-state index contributed by atoms with van der Waals surface area (Å²) in [6, 6.07) is 27.8. The van der Waals surface area contributed by atoms with Crippen LogP contribution in [0.4, 0.5) is 0 Å². The van der Waals surface area contributed by atoms with Gasteiger partial charge in [-0.15, -0.1) is 10.2 Å². The molecule has 0 unspecified atom stereocenters. The molecule has 1 aliphatic heterocycles. The average molecular weight is 384 g/mol. The number of aromatic nitrogens is 3. The standard InChI is InChI=1S/C22H16N4OS/c1-3-7-17(8-4-1)21-23-24-22-26(21)25-20(15-28-22)16-11-13-19(14-12-16)27-18-9-5-2-6-10-18/h1-14H,15H2. The molecule has 136 valence electrons. The second-order valence-electron chi connectivity index (χ2n) is 6.26. The SMILES string of the molecule is c1ccc(Oc2ccc(C3=Nn4c(nnc4-c4ccccc4)SC3)cc2)cc1. The van der Waals surface area contributed by atoms with E-state index in [-0.39, 0.29) is 0 Å². The third-order valence-corrected chi connectivity index (χ3v) is 5.30. The van der Waals surface area contributed by atoms with Gasteiger partial charge in [-0.25, -0.2) is 0 Å². The number of thioether (sulfide) groups is 1. The summed E-state index contributed by atoms with van der Waals surface area (Å²) in [5.74, 6) is 3.13. The van der Waals surface area contributed by atoms with Crippen LogP contribution in [0.1, 0.15) is 5.56 Å². The first kappa shape index (κ1) is 16.8. The van der Waals surface area contributed by atoms with E-state index < -0.39 is 0 Å². The number of ether oxygens (including phenoxy) is 1. The largest absolute Gasteiger partial charge is 0.457 e. The minimum absolute atomic E-state index is 0.754. The molecule has 0 aliphatic carbocycles. The van der Waals surface area contributed by atoms with Crippen LogP contribution in [0.2, 0.25) is 0 Å². The second-order valence-corrected chi connectivity index (χ2v) is 7.20. The van der Waals surface area contributed by atoms with Gasteiger partial charge in [0.2, 0.25) is 5.16 Å². The Morgan fingerprint density at radius 3 is 2.14 bits per heavy atom. The van der Waals surface area contributed by atoms with E-state index in [9.17, 15) is 0 Å². The molecule has 0 fully saturated rings. The van der Waals surface area contributed by atoms with Gasteiger partial charge in [-0.05, 0) is 42.0 Å². The lowest BCUT2D eigenvalue weighted by atomic mass is 10.1. The predicted octanol–water partition coefficient (Wildman–Crippen LogP) is 5.10. The maximum atomic E-state index is 5.87. The molecule has 28 heavy (non-hydrogen) atoms. The van der Waals surface area contributed by atoms with E-state index in [0.29, 0.717) is 0 Å². The third-order valence-electron chi connectivity index (χ3n) is 4.37. The topological polar surface area (TPSA) is 52.3 Å². The van der Waals surface area contributed by atoms with Crippen molar-refractivity contribution in [3.63, 3.8) is 0 Å². The van der Waals surface area contributed by atoms with Gasteiger partial charge in [-0.3, -0.25) is 0 Å². The lowest BCUT2D eigenvalue weighted by Crippen LogP contribution is -2.13. The quantitative estimate of drug-likeness (QED) is 0.491. The van der Waals surface area contributed by atoms with Crippen molar-refractivity contribution < 1.29 is 4.74 Å². The molecule has 0 spiro atoms. The van der Waals surface area contributed by atoms with E-state index in [0.717, 1.165) is 45.1 Å². The van der Waals surface area contributed by atoms with Crippen molar-refractivity contribution in [3.8, 4) is 22.9 Å². The molecule has 5 rings (SSSR count). The maximum absolute atomic E-state index is 5.87. The minimum atomic E-state index is 0.754. The van der Waals surface area contributed by atoms with Crippen LogP contribution in [-0.2, 0) is 0 Å². The molecule has 0 amide bonds. The van der Waals surface area contributed by atoms with Crippen LogP contribution in [-0.4, -0.2) is 26.3 Å². The molecule has 3 aromatic carbocycles. The molecular formula is C22H16N4OS. The van der Waals surface area contributed by atoms with E-state index >= 15 is 0 Å². The van der Waals surface area contributed by atoms with Gasteiger partial charge in [0.1, 0.15) is 11.5 Å². The van der Waals surface area contributed by atoms with E-state index in [1.165, 1.54) is 0 Å². The molecule has 5 nitrogen and oxygen atoms in total. The Morgan fingerprint density at radius 2 is 1.39 bits per heavy atom. The molecule has 0 N–H and O–H groups in total. The minimum Gasteiger partial charge on any atom is -0.457 e. The van der Waals surface area contributed by atoms with Crippen LogP contribution in [0.15, 0.2) is 95.2 Å². The molecule has 6 heteroatoms. The summed E-state index contributed by atoms with van der Waals surface area (Å²) >= 11 is 1.64. The molecule has 0 saturated heterocycles. The van der Waals surface area contributed by atoms with Crippen molar-refractivity contribution in [2.75, 3.05) is 5.75 Å². The second kappa shape index (κ2) is 7.32. The fourth-order valence-electron chi connectivity index (χ4n) is 2.98. The highest BCUT2D eigenvalue weighted by Gasteiger charge is 2.20. The summed E-state index contributed by atoms with van der Waals surface area (Å²) in [5.41, 5.74) is 3.05. The van der Waals surface area contributed by atoms with Gasteiger partial charge in [0, 0.05) is 11.3 Å². The van der Waals surface area contributed by atoms with Gasteiger partial charge in [0.15, 0.2) is 5.82 Å². The van der Waals surface area contributed by atoms with Gasteiger partial charge in [0.05, 0.1) is 5.71 Å². The lowest BCUT2D eigenvalue weighted by molar-refractivity contribution is 0.482. The Labute approximate surface area is 166 Å². The lowest BCUT2D eigenvalue weighted by Gasteiger charge is -2.14. The van der Waals surface area contributed by atoms with E-state index in [1.807, 2.05) is 89.6 Å². The number of hydrogen-bond acceptors (Lipinski definition) is 5. The third kappa shape index (κ3) is 3.30. The van der Waals surface area contributed by atoms with E-state index in [1.54, 1.807) is 11.8 Å². The normalized spacial score (nSPS) is 12.9. The molecule has 0 radical (unpaired) electrons. The first-order chi connectivity index (χ1) is 13.9. The van der Waals surface area contributed by atoms with Gasteiger partial charge >= 0.3 is 0 Å². The maximum Gasteiger partial charge on any atom is 0.212 e. The summed E-state index contributed by atoms with van der Waals surface area (Å²) in [6.07, 6.45) is 0. The van der Waals surface area contributed by atoms with Crippen LogP contribution in [0.3, 0.4) is 0 Å². The Hall–Kier alpha value is -3.38. The van der Waals surface area contributed by atoms with Crippen LogP contribution in [0, 0.1) is 0 Å². The molecule has 1 aromatic heterocycles. The van der Waals surface area contributed by atoms with Crippen molar-refractivity contribution in [2.24, 2.45) is 5.10 Å². The van der Waals surface area contributed by atoms with Gasteiger partial charge in [0.25, 0.3) is 0 Å². The molecule has 2 heterocycles. The van der Waals surface area contributed by atoms with Crippen molar-refractivity contribution in [3.05, 3.63) is 90.5 Å². The number of para-hydroxylation sites is 1. The number of rotatable bonds is 4. The Bertz CT molecular complexity index is 1120. The zero-order chi connectivity index (χ0) is 18.8. The van der Waals surface area contributed by atoms with Crippen LogP contribution < -0.4 is 4.74 Å². The number of benzene rings is 3. The number of fused-ring (bicyclic) bond motifs is 1. The van der Waals surface area contributed by atoms with Crippen molar-refractivity contribution >= 4 is 17.5 Å². The fraction of sp³-hybridized carbons (Fsp3) is 0.0455. The Kier molecular flexibility index (Phi) is 4.39. The van der Waals surface area contributed by atoms with Crippen LogP contribution in [0.25, 0.3) is 11.4 Å². The number of hydrogen-bond donors (Lipinski definition) is 0. The van der Waals surface area contributed by atoms with Crippen LogP contribution >= 0.6 is 11.8 Å².